The van der Waals surface area contributed by atoms with E-state index in [1.54, 1.807) is 60.7 Å². The van der Waals surface area contributed by atoms with Gasteiger partial charge in [0.05, 0.1) is 37.1 Å². The van der Waals surface area contributed by atoms with Gasteiger partial charge in [-0.05, 0) is 42.0 Å². The van der Waals surface area contributed by atoms with Gasteiger partial charge in [-0.25, -0.2) is 4.79 Å². The molecule has 32 heavy (non-hydrogen) atoms. The number of aliphatic hydroxyl groups is 1. The molecular formula is C24H18BrNO6. The number of furan rings is 1. The van der Waals surface area contributed by atoms with Crippen LogP contribution < -0.4 is 0 Å². The third kappa shape index (κ3) is 3.97. The van der Waals surface area contributed by atoms with Crippen LogP contribution in [0.25, 0.3) is 5.76 Å². The molecule has 8 heteroatoms. The van der Waals surface area contributed by atoms with Crippen molar-refractivity contribution >= 4 is 39.3 Å². The van der Waals surface area contributed by atoms with Crippen LogP contribution in [-0.2, 0) is 20.9 Å². The van der Waals surface area contributed by atoms with E-state index in [2.05, 4.69) is 15.9 Å². The van der Waals surface area contributed by atoms with E-state index in [0.717, 1.165) is 4.47 Å². The Bertz CT molecular complexity index is 1200. The largest absolute Gasteiger partial charge is 0.507 e. The second kappa shape index (κ2) is 8.84. The minimum Gasteiger partial charge on any atom is -0.507 e. The first-order valence-electron chi connectivity index (χ1n) is 9.65. The highest BCUT2D eigenvalue weighted by Crippen LogP contribution is 2.40. The Balaban J connectivity index is 1.84. The summed E-state index contributed by atoms with van der Waals surface area (Å²) >= 11 is 3.34. The minimum atomic E-state index is -0.865. The highest BCUT2D eigenvalue weighted by molar-refractivity contribution is 9.10. The quantitative estimate of drug-likeness (QED) is 0.243. The molecule has 1 saturated heterocycles. The van der Waals surface area contributed by atoms with Gasteiger partial charge in [-0.2, -0.15) is 0 Å². The van der Waals surface area contributed by atoms with Crippen molar-refractivity contribution in [2.75, 3.05) is 7.11 Å². The van der Waals surface area contributed by atoms with Crippen molar-refractivity contribution in [1.82, 2.24) is 4.90 Å². The highest BCUT2D eigenvalue weighted by atomic mass is 79.9. The van der Waals surface area contributed by atoms with Crippen LogP contribution in [0.1, 0.15) is 33.3 Å². The fourth-order valence-electron chi connectivity index (χ4n) is 3.64. The van der Waals surface area contributed by atoms with Gasteiger partial charge in [-0.3, -0.25) is 9.59 Å². The fraction of sp³-hybridized carbons (Fsp3) is 0.125. The number of carbonyl (C=O) groups excluding carboxylic acids is 3. The lowest BCUT2D eigenvalue weighted by Gasteiger charge is -2.24. The lowest BCUT2D eigenvalue weighted by Crippen LogP contribution is -2.29. The molecular weight excluding hydrogens is 478 g/mol. The number of hydrogen-bond donors (Lipinski definition) is 1. The van der Waals surface area contributed by atoms with Gasteiger partial charge in [0.25, 0.3) is 11.7 Å². The van der Waals surface area contributed by atoms with Gasteiger partial charge in [0.1, 0.15) is 11.5 Å². The van der Waals surface area contributed by atoms with Gasteiger partial charge >= 0.3 is 5.97 Å². The summed E-state index contributed by atoms with van der Waals surface area (Å²) in [5, 5.41) is 11.0. The summed E-state index contributed by atoms with van der Waals surface area (Å²) in [5.41, 5.74) is 1.25. The van der Waals surface area contributed by atoms with E-state index in [9.17, 15) is 19.5 Å². The molecule has 7 nitrogen and oxygen atoms in total. The Kier molecular flexibility index (Phi) is 5.96. The summed E-state index contributed by atoms with van der Waals surface area (Å²) in [6, 6.07) is 15.6. The monoisotopic (exact) mass is 495 g/mol. The molecule has 0 radical (unpaired) electrons. The van der Waals surface area contributed by atoms with Crippen molar-refractivity contribution < 1.29 is 28.6 Å². The summed E-state index contributed by atoms with van der Waals surface area (Å²) in [6.07, 6.45) is 1.48. The summed E-state index contributed by atoms with van der Waals surface area (Å²) < 4.78 is 10.9. The average molecular weight is 496 g/mol. The van der Waals surface area contributed by atoms with Crippen LogP contribution in [0, 0.1) is 0 Å². The third-order valence-electron chi connectivity index (χ3n) is 5.21. The number of benzene rings is 2. The van der Waals surface area contributed by atoms with E-state index >= 15 is 0 Å². The second-order valence-electron chi connectivity index (χ2n) is 7.13. The molecule has 1 fully saturated rings. The summed E-state index contributed by atoms with van der Waals surface area (Å²) in [5.74, 6) is -1.83. The van der Waals surface area contributed by atoms with E-state index in [1.165, 1.54) is 18.3 Å². The van der Waals surface area contributed by atoms with Gasteiger partial charge in [0.2, 0.25) is 0 Å². The Morgan fingerprint density at radius 2 is 1.72 bits per heavy atom. The summed E-state index contributed by atoms with van der Waals surface area (Å²) in [7, 11) is 1.28. The number of nitrogens with zero attached hydrogens (tertiary/aromatic N) is 1. The van der Waals surface area contributed by atoms with Crippen LogP contribution in [0.5, 0.6) is 0 Å². The number of carbonyl (C=O) groups is 3. The van der Waals surface area contributed by atoms with Crippen molar-refractivity contribution in [2.45, 2.75) is 12.6 Å². The number of hydrogen-bond acceptors (Lipinski definition) is 6. The lowest BCUT2D eigenvalue weighted by atomic mass is 9.94. The van der Waals surface area contributed by atoms with E-state index < -0.39 is 23.7 Å². The van der Waals surface area contributed by atoms with Crippen LogP contribution in [0.4, 0.5) is 0 Å². The van der Waals surface area contributed by atoms with Crippen LogP contribution in [0.15, 0.2) is 81.4 Å². The molecule has 0 spiro atoms. The van der Waals surface area contributed by atoms with Crippen LogP contribution in [0.3, 0.4) is 0 Å². The number of likely N-dealkylation sites (tertiary alicyclic amines) is 1. The molecule has 3 aromatic rings. The number of methoxy groups -OCH3 is 1. The van der Waals surface area contributed by atoms with Crippen molar-refractivity contribution in [3.63, 3.8) is 0 Å². The van der Waals surface area contributed by atoms with Crippen molar-refractivity contribution in [1.29, 1.82) is 0 Å². The average Bonchev–Trinajstić information content (AvgIpc) is 3.41. The molecule has 0 aliphatic carbocycles. The Hall–Kier alpha value is -3.65. The van der Waals surface area contributed by atoms with E-state index in [4.69, 9.17) is 9.15 Å². The van der Waals surface area contributed by atoms with E-state index in [-0.39, 0.29) is 17.9 Å². The topological polar surface area (TPSA) is 97.0 Å². The molecule has 1 aliphatic rings. The normalized spacial score (nSPS) is 17.6. The Morgan fingerprint density at radius 3 is 2.31 bits per heavy atom. The third-order valence-corrected chi connectivity index (χ3v) is 5.74. The van der Waals surface area contributed by atoms with Crippen LogP contribution in [-0.4, -0.2) is 34.8 Å². The molecule has 4 rings (SSSR count). The molecule has 162 valence electrons. The molecule has 2 aromatic carbocycles. The molecule has 2 heterocycles. The zero-order valence-corrected chi connectivity index (χ0v) is 18.5. The number of esters is 1. The smallest absolute Gasteiger partial charge is 0.337 e. The van der Waals surface area contributed by atoms with Crippen molar-refractivity contribution in [2.24, 2.45) is 0 Å². The number of halogens is 1. The van der Waals surface area contributed by atoms with Gasteiger partial charge < -0.3 is 19.2 Å². The molecule has 1 N–H and O–H groups in total. The van der Waals surface area contributed by atoms with Crippen LogP contribution in [0.2, 0.25) is 0 Å². The number of ether oxygens (including phenoxy) is 1. The zero-order valence-electron chi connectivity index (χ0n) is 16.9. The van der Waals surface area contributed by atoms with Gasteiger partial charge in [-0.15, -0.1) is 0 Å². The first-order chi connectivity index (χ1) is 15.4. The molecule has 1 unspecified atom stereocenters. The summed E-state index contributed by atoms with van der Waals surface area (Å²) in [4.78, 5) is 39.1. The Labute approximate surface area is 192 Å². The highest BCUT2D eigenvalue weighted by Gasteiger charge is 2.46. The van der Waals surface area contributed by atoms with Crippen molar-refractivity contribution in [3.8, 4) is 0 Å². The predicted octanol–water partition coefficient (Wildman–Crippen LogP) is 4.45. The number of rotatable bonds is 5. The predicted molar refractivity (Wildman–Crippen MR) is 118 cm³/mol. The Morgan fingerprint density at radius 1 is 1.06 bits per heavy atom. The van der Waals surface area contributed by atoms with Gasteiger partial charge in [0, 0.05) is 10.0 Å². The molecule has 0 bridgehead atoms. The maximum atomic E-state index is 13.0. The molecule has 1 aromatic heterocycles. The number of ketones is 1. The number of aliphatic hydroxyl groups excluding tert-OH is 1. The minimum absolute atomic E-state index is 0.0327. The molecule has 1 amide bonds. The molecule has 0 saturated carbocycles. The van der Waals surface area contributed by atoms with Crippen LogP contribution >= 0.6 is 15.9 Å². The SMILES string of the molecule is COC(=O)c1ccc(C2/C(=C(\O)c3ccc(Br)cc3)C(=O)C(=O)N2Cc2ccco2)cc1. The lowest BCUT2D eigenvalue weighted by molar-refractivity contribution is -0.140. The second-order valence-corrected chi connectivity index (χ2v) is 8.04. The number of amides is 1. The van der Waals surface area contributed by atoms with Gasteiger partial charge in [0.15, 0.2) is 0 Å². The maximum Gasteiger partial charge on any atom is 0.337 e. The first kappa shape index (κ1) is 21.6. The summed E-state index contributed by atoms with van der Waals surface area (Å²) in [6.45, 7) is 0.0398. The maximum absolute atomic E-state index is 13.0. The first-order valence-corrected chi connectivity index (χ1v) is 10.4. The fourth-order valence-corrected chi connectivity index (χ4v) is 3.91. The van der Waals surface area contributed by atoms with Gasteiger partial charge in [-0.1, -0.05) is 40.2 Å². The van der Waals surface area contributed by atoms with E-state index in [1.807, 2.05) is 0 Å². The molecule has 1 atom stereocenters. The standard InChI is InChI=1S/C24H18BrNO6/c1-31-24(30)16-6-4-14(5-7-16)20-19(21(27)15-8-10-17(25)11-9-15)22(28)23(29)26(20)13-18-3-2-12-32-18/h2-12,20,27H,13H2,1H3/b21-19+. The van der Waals surface area contributed by atoms with E-state index in [0.29, 0.717) is 22.5 Å². The molecule has 1 aliphatic heterocycles. The van der Waals surface area contributed by atoms with Crippen molar-refractivity contribution in [3.05, 3.63) is 99.4 Å². The number of Topliss-reactive ketones (excluding diaryl/α,β-unsaturated/α-hetero) is 1. The zero-order chi connectivity index (χ0) is 22.8.